The van der Waals surface area contributed by atoms with Crippen molar-refractivity contribution in [3.63, 3.8) is 0 Å². The third kappa shape index (κ3) is 4.71. The number of nitrogens with one attached hydrogen (secondary N) is 1. The third-order valence-electron chi connectivity index (χ3n) is 3.27. The van der Waals surface area contributed by atoms with Crippen LogP contribution in [0, 0.1) is 16.0 Å². The lowest BCUT2D eigenvalue weighted by Crippen LogP contribution is -2.09. The highest BCUT2D eigenvalue weighted by Crippen LogP contribution is 2.29. The minimum atomic E-state index is -1.11. The van der Waals surface area contributed by atoms with Crippen LogP contribution in [0.15, 0.2) is 18.2 Å². The van der Waals surface area contributed by atoms with Gasteiger partial charge in [0, 0.05) is 25.8 Å². The van der Waals surface area contributed by atoms with E-state index in [9.17, 15) is 14.9 Å². The summed E-state index contributed by atoms with van der Waals surface area (Å²) in [6.45, 7) is 1.87. The zero-order valence-electron chi connectivity index (χ0n) is 11.6. The van der Waals surface area contributed by atoms with Gasteiger partial charge in [-0.25, -0.2) is 4.79 Å². The molecule has 1 fully saturated rings. The number of benzene rings is 1. The Labute approximate surface area is 122 Å². The van der Waals surface area contributed by atoms with Gasteiger partial charge in [-0.1, -0.05) is 0 Å². The predicted octanol–water partition coefficient (Wildman–Crippen LogP) is 2.52. The summed E-state index contributed by atoms with van der Waals surface area (Å²) in [6.07, 6.45) is 3.19. The molecular weight excluding hydrogens is 276 g/mol. The third-order valence-corrected chi connectivity index (χ3v) is 3.27. The minimum absolute atomic E-state index is 0.0214. The molecule has 1 saturated carbocycles. The summed E-state index contributed by atoms with van der Waals surface area (Å²) in [5.41, 5.74) is 0.120. The fourth-order valence-electron chi connectivity index (χ4n) is 1.90. The second kappa shape index (κ2) is 7.03. The Bertz CT molecular complexity index is 528. The lowest BCUT2D eigenvalue weighted by atomic mass is 10.1. The number of carboxylic acid groups (broad SMARTS) is 1. The van der Waals surface area contributed by atoms with Gasteiger partial charge in [0.2, 0.25) is 0 Å². The zero-order valence-corrected chi connectivity index (χ0v) is 11.6. The number of ether oxygens (including phenoxy) is 1. The first kappa shape index (κ1) is 15.2. The highest BCUT2D eigenvalue weighted by Gasteiger charge is 2.21. The van der Waals surface area contributed by atoms with Crippen LogP contribution in [0.4, 0.5) is 11.4 Å². The fourth-order valence-corrected chi connectivity index (χ4v) is 1.90. The van der Waals surface area contributed by atoms with E-state index >= 15 is 0 Å². The minimum Gasteiger partial charge on any atom is -0.478 e. The number of rotatable bonds is 9. The van der Waals surface area contributed by atoms with E-state index in [0.29, 0.717) is 25.5 Å². The number of hydrogen-bond donors (Lipinski definition) is 2. The molecule has 0 aromatic heterocycles. The maximum absolute atomic E-state index is 10.9. The van der Waals surface area contributed by atoms with Crippen LogP contribution < -0.4 is 5.32 Å². The molecule has 1 aromatic carbocycles. The van der Waals surface area contributed by atoms with Gasteiger partial charge in [-0.3, -0.25) is 10.1 Å². The Kier molecular flexibility index (Phi) is 5.10. The Morgan fingerprint density at radius 3 is 2.86 bits per heavy atom. The molecule has 0 bridgehead atoms. The topological polar surface area (TPSA) is 102 Å². The average Bonchev–Trinajstić information content (AvgIpc) is 3.26. The molecule has 0 spiro atoms. The standard InChI is InChI=1S/C14H18N2O5/c17-14(18)11-4-5-13(16(19)20)12(8-11)15-6-1-7-21-9-10-2-3-10/h4-5,8,10,15H,1-3,6-7,9H2,(H,17,18). The molecular formula is C14H18N2O5. The van der Waals surface area contributed by atoms with Crippen LogP contribution in [-0.4, -0.2) is 35.8 Å². The molecule has 0 saturated heterocycles. The molecule has 7 nitrogen and oxygen atoms in total. The highest BCUT2D eigenvalue weighted by molar-refractivity contribution is 5.90. The van der Waals surface area contributed by atoms with E-state index < -0.39 is 10.9 Å². The first-order valence-corrected chi connectivity index (χ1v) is 6.91. The van der Waals surface area contributed by atoms with Crippen LogP contribution in [0.5, 0.6) is 0 Å². The summed E-state index contributed by atoms with van der Waals surface area (Å²) in [7, 11) is 0. The molecule has 1 aliphatic carbocycles. The molecule has 0 atom stereocenters. The quantitative estimate of drug-likeness (QED) is 0.412. The normalized spacial score (nSPS) is 13.9. The summed E-state index contributed by atoms with van der Waals surface area (Å²) >= 11 is 0. The summed E-state index contributed by atoms with van der Waals surface area (Å²) in [5.74, 6) is -0.396. The van der Waals surface area contributed by atoms with Crippen molar-refractivity contribution in [2.45, 2.75) is 19.3 Å². The SMILES string of the molecule is O=C(O)c1ccc([N+](=O)[O-])c(NCCCOCC2CC2)c1. The second-order valence-electron chi connectivity index (χ2n) is 5.09. The van der Waals surface area contributed by atoms with Crippen molar-refractivity contribution in [3.8, 4) is 0 Å². The molecule has 0 aliphatic heterocycles. The fraction of sp³-hybridized carbons (Fsp3) is 0.500. The molecule has 0 radical (unpaired) electrons. The molecule has 2 N–H and O–H groups in total. The van der Waals surface area contributed by atoms with Crippen molar-refractivity contribution in [3.05, 3.63) is 33.9 Å². The predicted molar refractivity (Wildman–Crippen MR) is 76.7 cm³/mol. The van der Waals surface area contributed by atoms with Crippen LogP contribution in [0.25, 0.3) is 0 Å². The number of nitro groups is 1. The number of carboxylic acids is 1. The maximum Gasteiger partial charge on any atom is 0.335 e. The van der Waals surface area contributed by atoms with Gasteiger partial charge >= 0.3 is 5.97 Å². The number of hydrogen-bond acceptors (Lipinski definition) is 5. The van der Waals surface area contributed by atoms with Crippen LogP contribution >= 0.6 is 0 Å². The molecule has 114 valence electrons. The van der Waals surface area contributed by atoms with Gasteiger partial charge in [-0.15, -0.1) is 0 Å². The van der Waals surface area contributed by atoms with Crippen molar-refractivity contribution in [2.24, 2.45) is 5.92 Å². The van der Waals surface area contributed by atoms with Crippen LogP contribution in [-0.2, 0) is 4.74 Å². The molecule has 1 aromatic rings. The van der Waals surface area contributed by atoms with Crippen molar-refractivity contribution < 1.29 is 19.6 Å². The number of nitrogens with zero attached hydrogens (tertiary/aromatic N) is 1. The lowest BCUT2D eigenvalue weighted by molar-refractivity contribution is -0.384. The largest absolute Gasteiger partial charge is 0.478 e. The molecule has 0 amide bonds. The van der Waals surface area contributed by atoms with Crippen LogP contribution in [0.2, 0.25) is 0 Å². The molecule has 0 unspecified atom stereocenters. The van der Waals surface area contributed by atoms with E-state index in [0.717, 1.165) is 6.61 Å². The lowest BCUT2D eigenvalue weighted by Gasteiger charge is -2.08. The van der Waals surface area contributed by atoms with Gasteiger partial charge in [0.25, 0.3) is 5.69 Å². The van der Waals surface area contributed by atoms with Crippen molar-refractivity contribution >= 4 is 17.3 Å². The summed E-state index contributed by atoms with van der Waals surface area (Å²) in [4.78, 5) is 21.3. The van der Waals surface area contributed by atoms with E-state index in [2.05, 4.69) is 5.32 Å². The van der Waals surface area contributed by atoms with Crippen molar-refractivity contribution in [1.82, 2.24) is 0 Å². The smallest absolute Gasteiger partial charge is 0.335 e. The first-order chi connectivity index (χ1) is 10.1. The van der Waals surface area contributed by atoms with E-state index in [1.807, 2.05) is 0 Å². The first-order valence-electron chi connectivity index (χ1n) is 6.91. The van der Waals surface area contributed by atoms with Gasteiger partial charge in [-0.05, 0) is 37.3 Å². The van der Waals surface area contributed by atoms with Gasteiger partial charge < -0.3 is 15.2 Å². The van der Waals surface area contributed by atoms with Gasteiger partial charge in [0.05, 0.1) is 10.5 Å². The number of aromatic carboxylic acids is 1. The van der Waals surface area contributed by atoms with E-state index in [1.165, 1.54) is 31.0 Å². The Hall–Kier alpha value is -2.15. The molecule has 0 heterocycles. The Morgan fingerprint density at radius 1 is 1.48 bits per heavy atom. The highest BCUT2D eigenvalue weighted by atomic mass is 16.6. The Morgan fingerprint density at radius 2 is 2.24 bits per heavy atom. The second-order valence-corrected chi connectivity index (χ2v) is 5.09. The average molecular weight is 294 g/mol. The number of carbonyl (C=O) groups is 1. The maximum atomic E-state index is 10.9. The molecule has 21 heavy (non-hydrogen) atoms. The monoisotopic (exact) mass is 294 g/mol. The van der Waals surface area contributed by atoms with E-state index in [4.69, 9.17) is 9.84 Å². The summed E-state index contributed by atoms with van der Waals surface area (Å²) in [6, 6.07) is 3.71. The number of anilines is 1. The van der Waals surface area contributed by atoms with Gasteiger partial charge in [-0.2, -0.15) is 0 Å². The van der Waals surface area contributed by atoms with Crippen molar-refractivity contribution in [1.29, 1.82) is 0 Å². The van der Waals surface area contributed by atoms with E-state index in [-0.39, 0.29) is 16.9 Å². The molecule has 1 aliphatic rings. The summed E-state index contributed by atoms with van der Waals surface area (Å²) in [5, 5.41) is 22.7. The van der Waals surface area contributed by atoms with E-state index in [1.54, 1.807) is 0 Å². The Balaban J connectivity index is 1.85. The molecule has 2 rings (SSSR count). The molecule has 7 heteroatoms. The van der Waals surface area contributed by atoms with Crippen LogP contribution in [0.3, 0.4) is 0 Å². The zero-order chi connectivity index (χ0) is 15.2. The summed E-state index contributed by atoms with van der Waals surface area (Å²) < 4.78 is 5.47. The van der Waals surface area contributed by atoms with Crippen LogP contribution in [0.1, 0.15) is 29.6 Å². The number of nitro benzene ring substituents is 1. The van der Waals surface area contributed by atoms with Crippen molar-refractivity contribution in [2.75, 3.05) is 25.1 Å². The van der Waals surface area contributed by atoms with Gasteiger partial charge in [0.1, 0.15) is 5.69 Å². The van der Waals surface area contributed by atoms with Gasteiger partial charge in [0.15, 0.2) is 0 Å².